The molecule has 0 aromatic heterocycles. The van der Waals surface area contributed by atoms with Gasteiger partial charge < -0.3 is 10.1 Å². The van der Waals surface area contributed by atoms with E-state index in [1.54, 1.807) is 12.0 Å². The molecule has 3 aromatic rings. The first-order valence-electron chi connectivity index (χ1n) is 13.0. The lowest BCUT2D eigenvalue weighted by molar-refractivity contribution is -0.128. The minimum atomic E-state index is -0.539. The van der Waals surface area contributed by atoms with Crippen LogP contribution in [0.4, 0.5) is 11.4 Å². The Balaban J connectivity index is 1.50. The van der Waals surface area contributed by atoms with Gasteiger partial charge in [0.1, 0.15) is 11.0 Å². The summed E-state index contributed by atoms with van der Waals surface area (Å²) in [6.07, 6.45) is 3.40. The van der Waals surface area contributed by atoms with Gasteiger partial charge in [-0.25, -0.2) is 4.99 Å². The number of ether oxygens (including phenoxy) is 1. The Hall–Kier alpha value is -3.58. The van der Waals surface area contributed by atoms with E-state index in [1.807, 2.05) is 73.7 Å². The van der Waals surface area contributed by atoms with Gasteiger partial charge in [-0.05, 0) is 85.3 Å². The number of hydrogen-bond acceptors (Lipinski definition) is 5. The smallest absolute Gasteiger partial charge is 0.242 e. The third-order valence-corrected chi connectivity index (χ3v) is 7.84. The largest absolute Gasteiger partial charge is 0.497 e. The summed E-state index contributed by atoms with van der Waals surface area (Å²) in [6, 6.07) is 21.6. The molecule has 0 aliphatic carbocycles. The van der Waals surface area contributed by atoms with E-state index < -0.39 is 5.25 Å². The lowest BCUT2D eigenvalue weighted by Crippen LogP contribution is -2.33. The highest BCUT2D eigenvalue weighted by atomic mass is 32.2. The number of carbonyl (C=O) groups is 2. The highest BCUT2D eigenvalue weighted by molar-refractivity contribution is 8.15. The van der Waals surface area contributed by atoms with Crippen LogP contribution in [0.2, 0.25) is 0 Å². The van der Waals surface area contributed by atoms with Crippen LogP contribution in [0.1, 0.15) is 48.4 Å². The number of amidine groups is 1. The summed E-state index contributed by atoms with van der Waals surface area (Å²) in [5, 5.41) is 3.02. The molecule has 1 heterocycles. The number of unbranched alkanes of at least 4 members (excludes halogenated alkanes) is 1. The molecule has 198 valence electrons. The molecule has 38 heavy (non-hydrogen) atoms. The molecule has 7 heteroatoms. The van der Waals surface area contributed by atoms with Crippen LogP contribution in [0, 0.1) is 13.8 Å². The van der Waals surface area contributed by atoms with E-state index >= 15 is 0 Å². The number of thioether (sulfide) groups is 1. The number of anilines is 1. The summed E-state index contributed by atoms with van der Waals surface area (Å²) in [5.41, 5.74) is 6.07. The molecule has 1 unspecified atom stereocenters. The molecule has 1 aliphatic heterocycles. The van der Waals surface area contributed by atoms with Crippen molar-refractivity contribution in [1.29, 1.82) is 0 Å². The topological polar surface area (TPSA) is 71.0 Å². The van der Waals surface area contributed by atoms with E-state index in [-0.39, 0.29) is 18.2 Å². The molecule has 3 aromatic carbocycles. The Labute approximate surface area is 229 Å². The zero-order chi connectivity index (χ0) is 27.1. The summed E-state index contributed by atoms with van der Waals surface area (Å²) in [4.78, 5) is 32.9. The molecule has 1 aliphatic rings. The van der Waals surface area contributed by atoms with Crippen molar-refractivity contribution in [3.8, 4) is 5.75 Å². The maximum absolute atomic E-state index is 13.5. The average Bonchev–Trinajstić information content (AvgIpc) is 3.19. The van der Waals surface area contributed by atoms with Crippen molar-refractivity contribution in [2.45, 2.75) is 58.2 Å². The van der Waals surface area contributed by atoms with Gasteiger partial charge >= 0.3 is 0 Å². The van der Waals surface area contributed by atoms with Crippen LogP contribution in [0.25, 0.3) is 0 Å². The van der Waals surface area contributed by atoms with E-state index in [0.29, 0.717) is 11.7 Å². The normalized spacial score (nSPS) is 16.2. The van der Waals surface area contributed by atoms with Gasteiger partial charge in [-0.1, -0.05) is 55.4 Å². The second-order valence-corrected chi connectivity index (χ2v) is 10.8. The molecule has 1 saturated heterocycles. The molecule has 0 bridgehead atoms. The number of methoxy groups -OCH3 is 1. The number of aryl methyl sites for hydroxylation is 3. The van der Waals surface area contributed by atoms with Crippen LogP contribution in [-0.2, 0) is 22.6 Å². The molecule has 4 rings (SSSR count). The van der Waals surface area contributed by atoms with Crippen molar-refractivity contribution < 1.29 is 14.3 Å². The van der Waals surface area contributed by atoms with Crippen LogP contribution >= 0.6 is 11.8 Å². The minimum absolute atomic E-state index is 0.0755. The third kappa shape index (κ3) is 7.04. The van der Waals surface area contributed by atoms with E-state index in [9.17, 15) is 9.59 Å². The summed E-state index contributed by atoms with van der Waals surface area (Å²) in [6.45, 7) is 6.65. The average molecular weight is 530 g/mol. The summed E-state index contributed by atoms with van der Waals surface area (Å²) >= 11 is 1.35. The Morgan fingerprint density at radius 2 is 1.71 bits per heavy atom. The fourth-order valence-corrected chi connectivity index (χ4v) is 5.36. The number of hydrogen-bond donors (Lipinski definition) is 1. The Morgan fingerprint density at radius 3 is 2.37 bits per heavy atom. The number of rotatable bonds is 10. The van der Waals surface area contributed by atoms with Crippen molar-refractivity contribution in [2.24, 2.45) is 4.99 Å². The van der Waals surface area contributed by atoms with Gasteiger partial charge in [-0.15, -0.1) is 0 Å². The van der Waals surface area contributed by atoms with Crippen molar-refractivity contribution in [3.63, 3.8) is 0 Å². The standard InChI is InChI=1S/C31H35N3O3S/c1-5-6-7-23-9-14-25(15-10-23)32-29(35)19-28-30(36)34(20-24-11-16-27(37-4)17-12-24)31(38-28)33-26-13-8-21(2)22(3)18-26/h8-18,28H,5-7,19-20H2,1-4H3,(H,32,35). The molecule has 6 nitrogen and oxygen atoms in total. The number of nitrogens with one attached hydrogen (secondary N) is 1. The van der Waals surface area contributed by atoms with Gasteiger partial charge in [0.05, 0.1) is 19.3 Å². The predicted octanol–water partition coefficient (Wildman–Crippen LogP) is 6.82. The molecular formula is C31H35N3O3S. The van der Waals surface area contributed by atoms with E-state index in [0.717, 1.165) is 47.5 Å². The molecule has 1 N–H and O–H groups in total. The van der Waals surface area contributed by atoms with Gasteiger partial charge in [0.2, 0.25) is 11.8 Å². The quantitative estimate of drug-likeness (QED) is 0.313. The summed E-state index contributed by atoms with van der Waals surface area (Å²) in [5.74, 6) is 0.459. The zero-order valence-electron chi connectivity index (χ0n) is 22.5. The molecule has 2 amide bonds. The number of carbonyl (C=O) groups excluding carboxylic acids is 2. The van der Waals surface area contributed by atoms with Crippen molar-refractivity contribution in [2.75, 3.05) is 12.4 Å². The SMILES string of the molecule is CCCCc1ccc(NC(=O)CC2SC(=Nc3ccc(C)c(C)c3)N(Cc3ccc(OC)cc3)C2=O)cc1. The second-order valence-electron chi connectivity index (χ2n) is 9.59. The second kappa shape index (κ2) is 12.8. The highest BCUT2D eigenvalue weighted by Gasteiger charge is 2.39. The van der Waals surface area contributed by atoms with Crippen LogP contribution in [-0.4, -0.2) is 34.2 Å². The van der Waals surface area contributed by atoms with Gasteiger partial charge in [-0.3, -0.25) is 14.5 Å². The van der Waals surface area contributed by atoms with Crippen molar-refractivity contribution >= 4 is 40.1 Å². The molecule has 0 spiro atoms. The van der Waals surface area contributed by atoms with Gasteiger partial charge in [0, 0.05) is 12.1 Å². The Kier molecular flexibility index (Phi) is 9.24. The van der Waals surface area contributed by atoms with Crippen LogP contribution < -0.4 is 10.1 Å². The first-order chi connectivity index (χ1) is 18.4. The van der Waals surface area contributed by atoms with Gasteiger partial charge in [0.25, 0.3) is 0 Å². The van der Waals surface area contributed by atoms with Crippen LogP contribution in [0.3, 0.4) is 0 Å². The van der Waals surface area contributed by atoms with E-state index in [4.69, 9.17) is 9.73 Å². The van der Waals surface area contributed by atoms with Crippen LogP contribution in [0.5, 0.6) is 5.75 Å². The first kappa shape index (κ1) is 27.5. The highest BCUT2D eigenvalue weighted by Crippen LogP contribution is 2.33. The third-order valence-electron chi connectivity index (χ3n) is 6.66. The van der Waals surface area contributed by atoms with E-state index in [1.165, 1.54) is 22.9 Å². The number of amides is 2. The predicted molar refractivity (Wildman–Crippen MR) is 156 cm³/mol. The van der Waals surface area contributed by atoms with Gasteiger partial charge in [-0.2, -0.15) is 0 Å². The maximum atomic E-state index is 13.5. The van der Waals surface area contributed by atoms with Crippen LogP contribution in [0.15, 0.2) is 71.7 Å². The monoisotopic (exact) mass is 529 g/mol. The molecule has 1 fully saturated rings. The fourth-order valence-electron chi connectivity index (χ4n) is 4.21. The number of benzene rings is 3. The van der Waals surface area contributed by atoms with Crippen molar-refractivity contribution in [3.05, 3.63) is 89.0 Å². The number of nitrogens with zero attached hydrogens (tertiary/aromatic N) is 2. The lowest BCUT2D eigenvalue weighted by Gasteiger charge is -2.17. The zero-order valence-corrected chi connectivity index (χ0v) is 23.3. The molecule has 1 atom stereocenters. The molecule has 0 radical (unpaired) electrons. The molecule has 0 saturated carbocycles. The summed E-state index contributed by atoms with van der Waals surface area (Å²) < 4.78 is 5.26. The first-order valence-corrected chi connectivity index (χ1v) is 13.9. The summed E-state index contributed by atoms with van der Waals surface area (Å²) in [7, 11) is 1.63. The minimum Gasteiger partial charge on any atom is -0.497 e. The van der Waals surface area contributed by atoms with Crippen molar-refractivity contribution in [1.82, 2.24) is 4.90 Å². The Bertz CT molecular complexity index is 1300. The Morgan fingerprint density at radius 1 is 1.00 bits per heavy atom. The maximum Gasteiger partial charge on any atom is 0.242 e. The molecular weight excluding hydrogens is 494 g/mol. The van der Waals surface area contributed by atoms with Gasteiger partial charge in [0.15, 0.2) is 5.17 Å². The van der Waals surface area contributed by atoms with E-state index in [2.05, 4.69) is 19.2 Å². The lowest BCUT2D eigenvalue weighted by atomic mass is 10.1. The number of aliphatic imine (C=N–C) groups is 1. The fraction of sp³-hybridized carbons (Fsp3) is 0.323.